The quantitative estimate of drug-likeness (QED) is 0.742. The fraction of sp³-hybridized carbons (Fsp3) is 0.500. The Bertz CT molecular complexity index is 709. The molecule has 0 heterocycles. The molecule has 0 radical (unpaired) electrons. The van der Waals surface area contributed by atoms with Crippen molar-refractivity contribution in [3.05, 3.63) is 41.5 Å². The first-order chi connectivity index (χ1) is 11.4. The molecule has 2 rings (SSSR count). The molecule has 132 valence electrons. The topological polar surface area (TPSA) is 75.3 Å². The maximum absolute atomic E-state index is 12.2. The minimum absolute atomic E-state index is 0.110. The molecule has 6 heteroatoms. The SMILES string of the molecule is CC(C)NS(=O)(=O)c1cccc(C(=O)NCCC2=CCCCC2)c1. The summed E-state index contributed by atoms with van der Waals surface area (Å²) in [6, 6.07) is 5.93. The summed E-state index contributed by atoms with van der Waals surface area (Å²) in [5.41, 5.74) is 1.76. The molecule has 1 aromatic rings. The number of amides is 1. The van der Waals surface area contributed by atoms with Gasteiger partial charge in [0, 0.05) is 18.2 Å². The van der Waals surface area contributed by atoms with E-state index in [4.69, 9.17) is 0 Å². The fourth-order valence-corrected chi connectivity index (χ4v) is 4.05. The van der Waals surface area contributed by atoms with Gasteiger partial charge >= 0.3 is 0 Å². The van der Waals surface area contributed by atoms with Crippen LogP contribution in [0.2, 0.25) is 0 Å². The standard InChI is InChI=1S/C18H26N2O3S/c1-14(2)20-24(22,23)17-10-6-9-16(13-17)18(21)19-12-11-15-7-4-3-5-8-15/h6-7,9-10,13-14,20H,3-5,8,11-12H2,1-2H3,(H,19,21). The Morgan fingerprint density at radius 3 is 2.71 bits per heavy atom. The molecule has 2 N–H and O–H groups in total. The molecule has 24 heavy (non-hydrogen) atoms. The van der Waals surface area contributed by atoms with Crippen molar-refractivity contribution in [3.8, 4) is 0 Å². The Morgan fingerprint density at radius 2 is 2.04 bits per heavy atom. The van der Waals surface area contributed by atoms with E-state index in [-0.39, 0.29) is 16.8 Å². The molecule has 1 aliphatic rings. The number of carbonyl (C=O) groups excluding carboxylic acids is 1. The lowest BCUT2D eigenvalue weighted by atomic mass is 9.97. The Hall–Kier alpha value is -1.66. The predicted octanol–water partition coefficient (Wildman–Crippen LogP) is 2.99. The maximum Gasteiger partial charge on any atom is 0.251 e. The summed E-state index contributed by atoms with van der Waals surface area (Å²) in [7, 11) is -3.59. The third-order valence-electron chi connectivity index (χ3n) is 3.91. The van der Waals surface area contributed by atoms with E-state index in [1.807, 2.05) is 0 Å². The third kappa shape index (κ3) is 5.46. The van der Waals surface area contributed by atoms with Crippen molar-refractivity contribution in [2.24, 2.45) is 0 Å². The highest BCUT2D eigenvalue weighted by molar-refractivity contribution is 7.89. The zero-order valence-electron chi connectivity index (χ0n) is 14.3. The van der Waals surface area contributed by atoms with Gasteiger partial charge in [0.1, 0.15) is 0 Å². The number of hydrogen-bond donors (Lipinski definition) is 2. The molecule has 0 unspecified atom stereocenters. The highest BCUT2D eigenvalue weighted by atomic mass is 32.2. The monoisotopic (exact) mass is 350 g/mol. The Kier molecular flexibility index (Phi) is 6.57. The Morgan fingerprint density at radius 1 is 1.25 bits per heavy atom. The van der Waals surface area contributed by atoms with Crippen LogP contribution in [-0.4, -0.2) is 26.9 Å². The molecule has 5 nitrogen and oxygen atoms in total. The van der Waals surface area contributed by atoms with Crippen LogP contribution in [0, 0.1) is 0 Å². The summed E-state index contributed by atoms with van der Waals surface area (Å²) in [5.74, 6) is -0.243. The van der Waals surface area contributed by atoms with Gasteiger partial charge in [-0.3, -0.25) is 4.79 Å². The molecule has 1 amide bonds. The lowest BCUT2D eigenvalue weighted by Crippen LogP contribution is -2.30. The molecule has 1 aromatic carbocycles. The number of allylic oxidation sites excluding steroid dienone is 1. The highest BCUT2D eigenvalue weighted by Crippen LogP contribution is 2.19. The highest BCUT2D eigenvalue weighted by Gasteiger charge is 2.17. The molecule has 1 aliphatic carbocycles. The van der Waals surface area contributed by atoms with Crippen molar-refractivity contribution in [2.75, 3.05) is 6.54 Å². The van der Waals surface area contributed by atoms with Crippen LogP contribution >= 0.6 is 0 Å². The first-order valence-electron chi connectivity index (χ1n) is 8.47. The first kappa shape index (κ1) is 18.7. The lowest BCUT2D eigenvalue weighted by Gasteiger charge is -2.13. The molecule has 0 bridgehead atoms. The first-order valence-corrected chi connectivity index (χ1v) is 9.95. The van der Waals surface area contributed by atoms with Crippen LogP contribution in [0.3, 0.4) is 0 Å². The molecule has 0 atom stereocenters. The van der Waals surface area contributed by atoms with Crippen LogP contribution in [0.5, 0.6) is 0 Å². The maximum atomic E-state index is 12.2. The molecule has 0 aromatic heterocycles. The molecule has 0 saturated heterocycles. The van der Waals surface area contributed by atoms with Crippen molar-refractivity contribution in [1.82, 2.24) is 10.0 Å². The predicted molar refractivity (Wildman–Crippen MR) is 95.4 cm³/mol. The molecule has 0 aliphatic heterocycles. The van der Waals surface area contributed by atoms with Gasteiger partial charge in [-0.2, -0.15) is 0 Å². The van der Waals surface area contributed by atoms with Crippen LogP contribution in [-0.2, 0) is 10.0 Å². The zero-order valence-corrected chi connectivity index (χ0v) is 15.2. The van der Waals surface area contributed by atoms with Gasteiger partial charge in [-0.1, -0.05) is 17.7 Å². The van der Waals surface area contributed by atoms with E-state index in [1.165, 1.54) is 30.5 Å². The summed E-state index contributed by atoms with van der Waals surface area (Å²) in [5, 5.41) is 2.87. The zero-order chi connectivity index (χ0) is 17.6. The van der Waals surface area contributed by atoms with E-state index in [0.717, 1.165) is 19.3 Å². The molecule has 0 spiro atoms. The van der Waals surface area contributed by atoms with Crippen molar-refractivity contribution < 1.29 is 13.2 Å². The smallest absolute Gasteiger partial charge is 0.251 e. The normalized spacial score (nSPS) is 15.2. The van der Waals surface area contributed by atoms with Gasteiger partial charge in [-0.15, -0.1) is 0 Å². The van der Waals surface area contributed by atoms with Gasteiger partial charge in [0.05, 0.1) is 4.90 Å². The number of carbonyl (C=O) groups is 1. The van der Waals surface area contributed by atoms with E-state index in [1.54, 1.807) is 26.0 Å². The van der Waals surface area contributed by atoms with E-state index in [0.29, 0.717) is 12.1 Å². The van der Waals surface area contributed by atoms with Crippen LogP contribution in [0.1, 0.15) is 56.3 Å². The van der Waals surface area contributed by atoms with Crippen LogP contribution in [0.25, 0.3) is 0 Å². The second-order valence-corrected chi connectivity index (χ2v) is 8.13. The van der Waals surface area contributed by atoms with Gasteiger partial charge in [-0.05, 0) is 64.2 Å². The van der Waals surface area contributed by atoms with E-state index < -0.39 is 10.0 Å². The number of rotatable bonds is 7. The number of nitrogens with one attached hydrogen (secondary N) is 2. The molecule has 0 saturated carbocycles. The Balaban J connectivity index is 1.97. The van der Waals surface area contributed by atoms with Crippen LogP contribution < -0.4 is 10.0 Å². The number of sulfonamides is 1. The van der Waals surface area contributed by atoms with Crippen molar-refractivity contribution >= 4 is 15.9 Å². The minimum Gasteiger partial charge on any atom is -0.352 e. The summed E-state index contributed by atoms with van der Waals surface area (Å²) >= 11 is 0. The summed E-state index contributed by atoms with van der Waals surface area (Å²) in [6.07, 6.45) is 7.85. The number of benzene rings is 1. The minimum atomic E-state index is -3.59. The summed E-state index contributed by atoms with van der Waals surface area (Å²) < 4.78 is 26.9. The van der Waals surface area contributed by atoms with Gasteiger partial charge in [0.15, 0.2) is 0 Å². The molecular formula is C18H26N2O3S. The van der Waals surface area contributed by atoms with E-state index in [9.17, 15) is 13.2 Å². The summed E-state index contributed by atoms with van der Waals surface area (Å²) in [4.78, 5) is 12.4. The van der Waals surface area contributed by atoms with Crippen LogP contribution in [0.4, 0.5) is 0 Å². The van der Waals surface area contributed by atoms with E-state index >= 15 is 0 Å². The number of hydrogen-bond acceptors (Lipinski definition) is 3. The molecule has 0 fully saturated rings. The van der Waals surface area contributed by atoms with Crippen molar-refractivity contribution in [3.63, 3.8) is 0 Å². The molecular weight excluding hydrogens is 324 g/mol. The fourth-order valence-electron chi connectivity index (χ4n) is 2.75. The second kappa shape index (κ2) is 8.44. The largest absolute Gasteiger partial charge is 0.352 e. The average Bonchev–Trinajstić information content (AvgIpc) is 2.55. The second-order valence-electron chi connectivity index (χ2n) is 6.42. The van der Waals surface area contributed by atoms with E-state index in [2.05, 4.69) is 16.1 Å². The van der Waals surface area contributed by atoms with Crippen molar-refractivity contribution in [1.29, 1.82) is 0 Å². The Labute approximate surface area is 144 Å². The summed E-state index contributed by atoms with van der Waals surface area (Å²) in [6.45, 7) is 4.09. The average molecular weight is 350 g/mol. The van der Waals surface area contributed by atoms with Crippen molar-refractivity contribution in [2.45, 2.75) is 56.9 Å². The van der Waals surface area contributed by atoms with Gasteiger partial charge in [-0.25, -0.2) is 13.1 Å². The third-order valence-corrected chi connectivity index (χ3v) is 5.57. The van der Waals surface area contributed by atoms with Gasteiger partial charge in [0.25, 0.3) is 5.91 Å². The van der Waals surface area contributed by atoms with Crippen LogP contribution in [0.15, 0.2) is 40.8 Å². The van der Waals surface area contributed by atoms with Gasteiger partial charge < -0.3 is 5.32 Å². The van der Waals surface area contributed by atoms with Gasteiger partial charge in [0.2, 0.25) is 10.0 Å². The lowest BCUT2D eigenvalue weighted by molar-refractivity contribution is 0.0954.